The molecule has 0 saturated carbocycles. The lowest BCUT2D eigenvalue weighted by Crippen LogP contribution is -2.70. The minimum absolute atomic E-state index is 0.190. The van der Waals surface area contributed by atoms with Gasteiger partial charge in [-0.25, -0.2) is 9.59 Å². The molecule has 2 atom stereocenters. The van der Waals surface area contributed by atoms with E-state index in [1.54, 1.807) is 20.8 Å². The average molecular weight is 372 g/mol. The largest absolute Gasteiger partial charge is 0.477 e. The Morgan fingerprint density at radius 3 is 2.52 bits per heavy atom. The van der Waals surface area contributed by atoms with Gasteiger partial charge in [-0.15, -0.1) is 11.8 Å². The van der Waals surface area contributed by atoms with E-state index in [1.165, 1.54) is 18.7 Å². The number of thioether (sulfide) groups is 1. The van der Waals surface area contributed by atoms with Crippen LogP contribution in [0.15, 0.2) is 11.3 Å². The molecule has 2 rings (SSSR count). The van der Waals surface area contributed by atoms with Crippen LogP contribution in [-0.4, -0.2) is 63.3 Å². The maximum Gasteiger partial charge on any atom is 0.408 e. The van der Waals surface area contributed by atoms with Crippen LogP contribution < -0.4 is 5.32 Å². The molecule has 9 nitrogen and oxygen atoms in total. The van der Waals surface area contributed by atoms with Crippen molar-refractivity contribution in [3.8, 4) is 0 Å². The molecule has 2 aliphatic rings. The van der Waals surface area contributed by atoms with Crippen LogP contribution in [0.4, 0.5) is 4.79 Å². The highest BCUT2D eigenvalue weighted by molar-refractivity contribution is 8.00. The van der Waals surface area contributed by atoms with E-state index in [-0.39, 0.29) is 18.1 Å². The summed E-state index contributed by atoms with van der Waals surface area (Å²) in [5.41, 5.74) is -0.565. The molecule has 138 valence electrons. The van der Waals surface area contributed by atoms with Crippen molar-refractivity contribution < 1.29 is 33.8 Å². The Bertz CT molecular complexity index is 653. The predicted octanol–water partition coefficient (Wildman–Crippen LogP) is 0.697. The molecular formula is C15H20N2O7S. The smallest absolute Gasteiger partial charge is 0.408 e. The number of alkyl carbamates (subject to hydrolysis) is 1. The molecule has 2 heterocycles. The maximum atomic E-state index is 12.3. The Morgan fingerprint density at radius 2 is 2.00 bits per heavy atom. The van der Waals surface area contributed by atoms with Gasteiger partial charge >= 0.3 is 18.0 Å². The van der Waals surface area contributed by atoms with Gasteiger partial charge in [-0.3, -0.25) is 14.5 Å². The lowest BCUT2D eigenvalue weighted by molar-refractivity contribution is -0.149. The number of hydrogen-bond donors (Lipinski definition) is 2. The number of carboxylic acid groups (broad SMARTS) is 1. The van der Waals surface area contributed by atoms with Gasteiger partial charge in [-0.2, -0.15) is 0 Å². The first kappa shape index (κ1) is 19.1. The number of nitrogens with zero attached hydrogens (tertiary/aromatic N) is 1. The zero-order valence-corrected chi connectivity index (χ0v) is 15.1. The van der Waals surface area contributed by atoms with E-state index in [0.717, 1.165) is 4.90 Å². The molecule has 0 aromatic heterocycles. The SMILES string of the molecule is CC(=O)OCC1=C(C(=O)O)N2C(=O)C(NC(=O)OC(C)(C)C)C2SC1. The van der Waals surface area contributed by atoms with Crippen LogP contribution in [0, 0.1) is 0 Å². The zero-order valence-electron chi connectivity index (χ0n) is 14.3. The number of ether oxygens (including phenoxy) is 2. The van der Waals surface area contributed by atoms with Crippen LogP contribution in [0.3, 0.4) is 0 Å². The molecule has 1 saturated heterocycles. The molecule has 2 unspecified atom stereocenters. The van der Waals surface area contributed by atoms with Crippen LogP contribution in [0.2, 0.25) is 0 Å². The fourth-order valence-electron chi connectivity index (χ4n) is 2.42. The van der Waals surface area contributed by atoms with Gasteiger partial charge < -0.3 is 19.9 Å². The van der Waals surface area contributed by atoms with E-state index in [4.69, 9.17) is 9.47 Å². The summed E-state index contributed by atoms with van der Waals surface area (Å²) in [5.74, 6) is -2.09. The number of rotatable bonds is 4. The summed E-state index contributed by atoms with van der Waals surface area (Å²) >= 11 is 1.29. The molecule has 2 aliphatic heterocycles. The molecule has 2 N–H and O–H groups in total. The summed E-state index contributed by atoms with van der Waals surface area (Å²) in [6.45, 7) is 6.12. The van der Waals surface area contributed by atoms with Gasteiger partial charge in [-0.05, 0) is 20.8 Å². The molecular weight excluding hydrogens is 352 g/mol. The monoisotopic (exact) mass is 372 g/mol. The molecule has 10 heteroatoms. The normalized spacial score (nSPS) is 22.7. The fraction of sp³-hybridized carbons (Fsp3) is 0.600. The van der Waals surface area contributed by atoms with E-state index in [1.807, 2.05) is 0 Å². The van der Waals surface area contributed by atoms with E-state index < -0.39 is 41.0 Å². The summed E-state index contributed by atoms with van der Waals surface area (Å²) in [4.78, 5) is 47.8. The first-order chi connectivity index (χ1) is 11.5. The van der Waals surface area contributed by atoms with Crippen molar-refractivity contribution in [2.75, 3.05) is 12.4 Å². The Morgan fingerprint density at radius 1 is 1.36 bits per heavy atom. The minimum Gasteiger partial charge on any atom is -0.477 e. The second-order valence-corrected chi connectivity index (χ2v) is 7.68. The second kappa shape index (κ2) is 6.95. The number of carboxylic acids is 1. The van der Waals surface area contributed by atoms with Crippen LogP contribution in [0.5, 0.6) is 0 Å². The molecule has 0 bridgehead atoms. The zero-order chi connectivity index (χ0) is 18.9. The Kier molecular flexibility index (Phi) is 5.31. The van der Waals surface area contributed by atoms with E-state index in [2.05, 4.69) is 5.32 Å². The minimum atomic E-state index is -1.28. The summed E-state index contributed by atoms with van der Waals surface area (Å²) in [5, 5.41) is 11.4. The number of aliphatic carboxylic acids is 1. The standard InChI is InChI=1S/C15H20N2O7S/c1-7(18)23-5-8-6-25-12-9(16-14(22)24-15(2,3)4)11(19)17(12)10(8)13(20)21/h9,12H,5-6H2,1-4H3,(H,16,22)(H,20,21). The molecule has 25 heavy (non-hydrogen) atoms. The van der Waals surface area contributed by atoms with Gasteiger partial charge in [0, 0.05) is 18.2 Å². The van der Waals surface area contributed by atoms with E-state index in [0.29, 0.717) is 5.57 Å². The van der Waals surface area contributed by atoms with Crippen LogP contribution in [-0.2, 0) is 23.9 Å². The molecule has 1 fully saturated rings. The summed E-state index contributed by atoms with van der Waals surface area (Å²) in [6.07, 6.45) is -0.738. The van der Waals surface area contributed by atoms with Crippen LogP contribution >= 0.6 is 11.8 Å². The van der Waals surface area contributed by atoms with Crippen molar-refractivity contribution in [2.45, 2.75) is 44.7 Å². The van der Waals surface area contributed by atoms with Gasteiger partial charge in [0.25, 0.3) is 5.91 Å². The molecule has 0 aliphatic carbocycles. The highest BCUT2D eigenvalue weighted by atomic mass is 32.2. The fourth-order valence-corrected chi connectivity index (χ4v) is 3.74. The van der Waals surface area contributed by atoms with Crippen molar-refractivity contribution in [3.63, 3.8) is 0 Å². The van der Waals surface area contributed by atoms with Crippen molar-refractivity contribution in [1.82, 2.24) is 10.2 Å². The number of hydrogen-bond acceptors (Lipinski definition) is 7. The predicted molar refractivity (Wildman–Crippen MR) is 87.5 cm³/mol. The van der Waals surface area contributed by atoms with Crippen LogP contribution in [0.25, 0.3) is 0 Å². The van der Waals surface area contributed by atoms with Crippen molar-refractivity contribution in [3.05, 3.63) is 11.3 Å². The summed E-state index contributed by atoms with van der Waals surface area (Å²) in [6, 6.07) is -0.857. The van der Waals surface area contributed by atoms with E-state index in [9.17, 15) is 24.3 Å². The number of carbonyl (C=O) groups excluding carboxylic acids is 3. The van der Waals surface area contributed by atoms with E-state index >= 15 is 0 Å². The summed E-state index contributed by atoms with van der Waals surface area (Å²) in [7, 11) is 0. The Balaban J connectivity index is 2.12. The molecule has 0 aromatic carbocycles. The number of β-lactam (4-membered cyclic amide) rings is 1. The van der Waals surface area contributed by atoms with Crippen molar-refractivity contribution in [1.29, 1.82) is 0 Å². The van der Waals surface area contributed by atoms with Gasteiger partial charge in [0.05, 0.1) is 0 Å². The maximum absolute atomic E-state index is 12.3. The number of carbonyl (C=O) groups is 4. The third-order valence-corrected chi connectivity index (χ3v) is 4.71. The number of nitrogens with one attached hydrogen (secondary N) is 1. The van der Waals surface area contributed by atoms with Gasteiger partial charge in [0.1, 0.15) is 29.3 Å². The first-order valence-corrected chi connectivity index (χ1v) is 8.59. The first-order valence-electron chi connectivity index (χ1n) is 7.54. The third-order valence-electron chi connectivity index (χ3n) is 3.37. The highest BCUT2D eigenvalue weighted by Gasteiger charge is 2.54. The number of fused-ring (bicyclic) bond motifs is 1. The lowest BCUT2D eigenvalue weighted by atomic mass is 10.0. The van der Waals surface area contributed by atoms with Crippen LogP contribution in [0.1, 0.15) is 27.7 Å². The lowest BCUT2D eigenvalue weighted by Gasteiger charge is -2.49. The summed E-state index contributed by atoms with van der Waals surface area (Å²) < 4.78 is 9.97. The molecule has 0 radical (unpaired) electrons. The van der Waals surface area contributed by atoms with Crippen molar-refractivity contribution in [2.24, 2.45) is 0 Å². The van der Waals surface area contributed by atoms with Crippen molar-refractivity contribution >= 4 is 35.7 Å². The molecule has 0 spiro atoms. The second-order valence-electron chi connectivity index (χ2n) is 6.57. The van der Waals surface area contributed by atoms with Gasteiger partial charge in [-0.1, -0.05) is 0 Å². The molecule has 0 aromatic rings. The number of esters is 1. The van der Waals surface area contributed by atoms with Gasteiger partial charge in [0.15, 0.2) is 0 Å². The average Bonchev–Trinajstić information content (AvgIpc) is 2.47. The molecule has 2 amide bonds. The van der Waals surface area contributed by atoms with Gasteiger partial charge in [0.2, 0.25) is 0 Å². The Hall–Kier alpha value is -2.23. The number of amides is 2. The topological polar surface area (TPSA) is 122 Å². The third kappa shape index (κ3) is 4.25. The Labute approximate surface area is 148 Å². The quantitative estimate of drug-likeness (QED) is 0.546. The highest BCUT2D eigenvalue weighted by Crippen LogP contribution is 2.40.